The second-order valence-electron chi connectivity index (χ2n) is 11.8. The van der Waals surface area contributed by atoms with Crippen LogP contribution in [-0.4, -0.2) is 42.7 Å². The first-order chi connectivity index (χ1) is 19.7. The number of ether oxygens (including phenoxy) is 1. The van der Waals surface area contributed by atoms with Crippen molar-refractivity contribution in [2.24, 2.45) is 0 Å². The molecule has 0 saturated carbocycles. The number of rotatable bonds is 4. The van der Waals surface area contributed by atoms with Gasteiger partial charge in [-0.2, -0.15) is 9.67 Å². The number of nitrogens with zero attached hydrogens (tertiary/aromatic N) is 5. The fourth-order valence-corrected chi connectivity index (χ4v) is 5.68. The normalized spacial score (nSPS) is 16.4. The summed E-state index contributed by atoms with van der Waals surface area (Å²) in [7, 11) is 0. The topological polar surface area (TPSA) is 133 Å². The molecule has 1 atom stereocenters. The first-order valence-electron chi connectivity index (χ1n) is 14.3. The van der Waals surface area contributed by atoms with E-state index in [1.165, 1.54) is 16.7 Å². The molecule has 4 aromatic rings. The van der Waals surface area contributed by atoms with Crippen molar-refractivity contribution in [3.63, 3.8) is 0 Å². The maximum Gasteiger partial charge on any atom is 0.407 e. The lowest BCUT2D eigenvalue weighted by atomic mass is 10.0. The molecule has 10 heteroatoms. The Morgan fingerprint density at radius 1 is 0.951 bits per heavy atom. The fourth-order valence-electron chi connectivity index (χ4n) is 5.68. The minimum Gasteiger partial charge on any atom is -0.444 e. The van der Waals surface area contributed by atoms with Crippen LogP contribution in [0.5, 0.6) is 0 Å². The third kappa shape index (κ3) is 6.01. The van der Waals surface area contributed by atoms with Gasteiger partial charge < -0.3 is 21.1 Å². The number of alkyl carbamates (subject to hydrolysis) is 1. The first kappa shape index (κ1) is 26.7. The van der Waals surface area contributed by atoms with Crippen molar-refractivity contribution >= 4 is 23.7 Å². The van der Waals surface area contributed by atoms with Crippen LogP contribution >= 0.6 is 0 Å². The first-order valence-corrected chi connectivity index (χ1v) is 14.3. The number of carbonyl (C=O) groups excluding carboxylic acids is 1. The van der Waals surface area contributed by atoms with Gasteiger partial charge in [-0.1, -0.05) is 30.3 Å². The van der Waals surface area contributed by atoms with Gasteiger partial charge in [0.25, 0.3) is 0 Å². The van der Waals surface area contributed by atoms with Crippen LogP contribution in [0.2, 0.25) is 0 Å². The minimum absolute atomic E-state index is 0.0651. The number of benzene rings is 2. The lowest BCUT2D eigenvalue weighted by molar-refractivity contribution is 0.0500. The molecule has 41 heavy (non-hydrogen) atoms. The quantitative estimate of drug-likeness (QED) is 0.290. The Balaban J connectivity index is 1.20. The highest BCUT2D eigenvalue weighted by Crippen LogP contribution is 2.32. The van der Waals surface area contributed by atoms with Gasteiger partial charge >= 0.3 is 6.09 Å². The van der Waals surface area contributed by atoms with Crippen molar-refractivity contribution in [2.45, 2.75) is 77.4 Å². The maximum atomic E-state index is 12.3. The van der Waals surface area contributed by atoms with Crippen LogP contribution < -0.4 is 16.4 Å². The molecule has 2 aliphatic rings. The minimum atomic E-state index is -0.516. The van der Waals surface area contributed by atoms with Crippen molar-refractivity contribution in [1.29, 1.82) is 0 Å². The molecule has 2 aliphatic carbocycles. The third-order valence-electron chi connectivity index (χ3n) is 7.57. The zero-order valence-corrected chi connectivity index (χ0v) is 23.8. The van der Waals surface area contributed by atoms with Crippen molar-refractivity contribution in [2.75, 3.05) is 11.1 Å². The molecule has 0 radical (unpaired) electrons. The molecule has 212 valence electrons. The smallest absolute Gasteiger partial charge is 0.407 e. The molecule has 2 aromatic heterocycles. The maximum absolute atomic E-state index is 12.3. The SMILES string of the molecule is CC(C)(C)OC(=O)N[C@H]1CCc2ccc(Nc3nc(N)nn3-c3cc4c(nn3)-c3ccccc3CCC4)cc2CC1. The van der Waals surface area contributed by atoms with E-state index in [1.54, 1.807) is 4.68 Å². The highest BCUT2D eigenvalue weighted by Gasteiger charge is 2.23. The summed E-state index contributed by atoms with van der Waals surface area (Å²) in [4.78, 5) is 16.7. The lowest BCUT2D eigenvalue weighted by Gasteiger charge is -2.22. The van der Waals surface area contributed by atoms with E-state index in [0.29, 0.717) is 11.8 Å². The molecule has 2 heterocycles. The van der Waals surface area contributed by atoms with E-state index in [1.807, 2.05) is 39.0 Å². The van der Waals surface area contributed by atoms with Crippen molar-refractivity contribution in [3.8, 4) is 17.1 Å². The molecule has 1 amide bonds. The number of hydrogen-bond donors (Lipinski definition) is 3. The molecule has 0 spiro atoms. The van der Waals surface area contributed by atoms with Crippen LogP contribution in [0.3, 0.4) is 0 Å². The number of fused-ring (bicyclic) bond motifs is 4. The van der Waals surface area contributed by atoms with E-state index in [2.05, 4.69) is 61.2 Å². The van der Waals surface area contributed by atoms with Gasteiger partial charge in [-0.05, 0) is 106 Å². The summed E-state index contributed by atoms with van der Waals surface area (Å²) in [6, 6.07) is 16.8. The largest absolute Gasteiger partial charge is 0.444 e. The van der Waals surface area contributed by atoms with Gasteiger partial charge in [0.05, 0.1) is 5.69 Å². The summed E-state index contributed by atoms with van der Waals surface area (Å²) >= 11 is 0. The zero-order chi connectivity index (χ0) is 28.6. The molecule has 0 saturated heterocycles. The highest BCUT2D eigenvalue weighted by molar-refractivity contribution is 5.69. The van der Waals surface area contributed by atoms with Gasteiger partial charge in [-0.3, -0.25) is 0 Å². The summed E-state index contributed by atoms with van der Waals surface area (Å²) < 4.78 is 7.07. The Morgan fingerprint density at radius 3 is 2.56 bits per heavy atom. The summed E-state index contributed by atoms with van der Waals surface area (Å²) in [5.41, 5.74) is 13.4. The molecule has 10 nitrogen and oxygen atoms in total. The number of aromatic nitrogens is 5. The van der Waals surface area contributed by atoms with Gasteiger partial charge in [-0.15, -0.1) is 15.3 Å². The number of nitrogen functional groups attached to an aromatic ring is 1. The van der Waals surface area contributed by atoms with Crippen LogP contribution in [0, 0.1) is 0 Å². The molecular weight excluding hydrogens is 516 g/mol. The lowest BCUT2D eigenvalue weighted by Crippen LogP contribution is -2.39. The van der Waals surface area contributed by atoms with Gasteiger partial charge in [0, 0.05) is 17.3 Å². The molecule has 6 rings (SSSR count). The van der Waals surface area contributed by atoms with E-state index >= 15 is 0 Å². The van der Waals surface area contributed by atoms with E-state index in [9.17, 15) is 4.79 Å². The van der Waals surface area contributed by atoms with Crippen LogP contribution in [0.15, 0.2) is 48.5 Å². The third-order valence-corrected chi connectivity index (χ3v) is 7.57. The van der Waals surface area contributed by atoms with Gasteiger partial charge in [-0.25, -0.2) is 4.79 Å². The number of amides is 1. The Bertz CT molecular complexity index is 1590. The molecule has 0 unspecified atom stereocenters. The van der Waals surface area contributed by atoms with E-state index in [4.69, 9.17) is 10.5 Å². The number of hydrogen-bond acceptors (Lipinski definition) is 8. The Kier molecular flexibility index (Phi) is 7.07. The molecular formula is C31H36N8O2. The fraction of sp³-hybridized carbons (Fsp3) is 0.387. The van der Waals surface area contributed by atoms with Crippen LogP contribution in [0.25, 0.3) is 17.1 Å². The van der Waals surface area contributed by atoms with Crippen LogP contribution in [0.1, 0.15) is 62.3 Å². The Labute approximate surface area is 239 Å². The summed E-state index contributed by atoms with van der Waals surface area (Å²) in [5.74, 6) is 1.20. The molecule has 0 aliphatic heterocycles. The average molecular weight is 553 g/mol. The summed E-state index contributed by atoms with van der Waals surface area (Å²) in [5, 5.41) is 20.0. The van der Waals surface area contributed by atoms with Gasteiger partial charge in [0.2, 0.25) is 11.9 Å². The monoisotopic (exact) mass is 552 g/mol. The van der Waals surface area contributed by atoms with Crippen molar-refractivity contribution in [3.05, 3.63) is 70.8 Å². The van der Waals surface area contributed by atoms with Crippen molar-refractivity contribution < 1.29 is 9.53 Å². The standard InChI is InChI=1S/C31H36N8O2/c1-31(2,3)41-30(40)34-23-14-11-19-12-16-24(17-21(19)13-15-23)33-29-35-28(32)38-39(29)26-18-22-9-6-8-20-7-4-5-10-25(20)27(22)37-36-26/h4-5,7,10,12,16-18,23H,6,8-9,11,13-15H2,1-3H3,(H,34,40)(H3,32,33,35,38)/t23-/m0/s1. The molecule has 2 aromatic carbocycles. The molecule has 4 N–H and O–H groups in total. The van der Waals surface area contributed by atoms with Crippen LogP contribution in [-0.2, 0) is 30.4 Å². The summed E-state index contributed by atoms with van der Waals surface area (Å²) in [6.07, 6.45) is 6.04. The predicted molar refractivity (Wildman–Crippen MR) is 158 cm³/mol. The predicted octanol–water partition coefficient (Wildman–Crippen LogP) is 5.31. The molecule has 0 bridgehead atoms. The zero-order valence-electron chi connectivity index (χ0n) is 23.8. The second kappa shape index (κ2) is 10.8. The average Bonchev–Trinajstić information content (AvgIpc) is 3.07. The van der Waals surface area contributed by atoms with E-state index < -0.39 is 5.60 Å². The number of nitrogens with one attached hydrogen (secondary N) is 2. The Hall–Kier alpha value is -4.47. The van der Waals surface area contributed by atoms with Crippen molar-refractivity contribution in [1.82, 2.24) is 30.3 Å². The highest BCUT2D eigenvalue weighted by atomic mass is 16.6. The van der Waals surface area contributed by atoms with Crippen LogP contribution in [0.4, 0.5) is 22.4 Å². The number of aryl methyl sites for hydroxylation is 4. The van der Waals surface area contributed by atoms with Gasteiger partial charge in [0.1, 0.15) is 5.60 Å². The van der Waals surface area contributed by atoms with E-state index in [0.717, 1.165) is 67.5 Å². The number of anilines is 3. The number of carbonyl (C=O) groups is 1. The molecule has 0 fully saturated rings. The second-order valence-corrected chi connectivity index (χ2v) is 11.8. The Morgan fingerprint density at radius 2 is 1.73 bits per heavy atom. The number of nitrogens with two attached hydrogens (primary N) is 1. The summed E-state index contributed by atoms with van der Waals surface area (Å²) in [6.45, 7) is 5.62. The van der Waals surface area contributed by atoms with E-state index in [-0.39, 0.29) is 18.1 Å². The van der Waals surface area contributed by atoms with Gasteiger partial charge in [0.15, 0.2) is 5.82 Å².